The van der Waals surface area contributed by atoms with Crippen LogP contribution in [0.1, 0.15) is 47.5 Å². The van der Waals surface area contributed by atoms with Crippen LogP contribution in [0.15, 0.2) is 0 Å². The Bertz CT molecular complexity index is 241. The summed E-state index contributed by atoms with van der Waals surface area (Å²) in [6.07, 6.45) is 0.990. The number of nitrogens with zero attached hydrogens (tertiary/aromatic N) is 1. The molecule has 0 aromatic carbocycles. The van der Waals surface area contributed by atoms with Crippen LogP contribution in [0.2, 0.25) is 0 Å². The Balaban J connectivity index is 4.73. The predicted octanol–water partition coefficient (Wildman–Crippen LogP) is 2.66. The average Bonchev–Trinajstić information content (AvgIpc) is 2.05. The van der Waals surface area contributed by atoms with Gasteiger partial charge in [0.25, 0.3) is 0 Å². The average molecular weight is 197 g/mol. The molecule has 0 saturated carbocycles. The number of nitriles is 1. The number of esters is 1. The highest BCUT2D eigenvalue weighted by atomic mass is 16.6. The molecule has 3 heteroatoms. The summed E-state index contributed by atoms with van der Waals surface area (Å²) in [6.45, 7) is 9.07. The topological polar surface area (TPSA) is 50.1 Å². The van der Waals surface area contributed by atoms with Crippen LogP contribution in [0.3, 0.4) is 0 Å². The molecule has 0 spiro atoms. The monoisotopic (exact) mass is 197 g/mol. The lowest BCUT2D eigenvalue weighted by Gasteiger charge is -2.27. The lowest BCUT2D eigenvalue weighted by atomic mass is 9.84. The minimum atomic E-state index is -0.965. The lowest BCUT2D eigenvalue weighted by Crippen LogP contribution is -2.36. The Morgan fingerprint density at radius 3 is 1.93 bits per heavy atom. The van der Waals surface area contributed by atoms with Gasteiger partial charge in [-0.3, -0.25) is 4.79 Å². The van der Waals surface area contributed by atoms with Crippen LogP contribution in [-0.4, -0.2) is 11.6 Å². The summed E-state index contributed by atoms with van der Waals surface area (Å²) in [7, 11) is 0. The van der Waals surface area contributed by atoms with Crippen molar-refractivity contribution >= 4 is 5.97 Å². The second-order valence-electron chi connectivity index (χ2n) is 4.40. The van der Waals surface area contributed by atoms with Gasteiger partial charge in [0.2, 0.25) is 0 Å². The second-order valence-corrected chi connectivity index (χ2v) is 4.40. The number of hydrogen-bond acceptors (Lipinski definition) is 3. The van der Waals surface area contributed by atoms with Gasteiger partial charge in [-0.2, -0.15) is 5.26 Å². The molecule has 0 heterocycles. The molecule has 0 aliphatic carbocycles. The van der Waals surface area contributed by atoms with E-state index in [0.29, 0.717) is 12.8 Å². The zero-order valence-electron chi connectivity index (χ0n) is 9.68. The third-order valence-corrected chi connectivity index (χ3v) is 2.21. The fraction of sp³-hybridized carbons (Fsp3) is 0.818. The van der Waals surface area contributed by atoms with Gasteiger partial charge in [0, 0.05) is 0 Å². The van der Waals surface area contributed by atoms with E-state index in [4.69, 9.17) is 10.00 Å². The van der Waals surface area contributed by atoms with E-state index in [1.807, 2.05) is 13.8 Å². The largest absolute Gasteiger partial charge is 0.459 e. The first-order chi connectivity index (χ1) is 6.31. The number of ether oxygens (including phenoxy) is 1. The van der Waals surface area contributed by atoms with Gasteiger partial charge in [0.05, 0.1) is 6.07 Å². The van der Waals surface area contributed by atoms with Crippen molar-refractivity contribution in [2.75, 3.05) is 0 Å². The summed E-state index contributed by atoms with van der Waals surface area (Å²) in [4.78, 5) is 11.7. The summed E-state index contributed by atoms with van der Waals surface area (Å²) < 4.78 is 5.21. The van der Waals surface area contributed by atoms with Gasteiger partial charge in [-0.05, 0) is 33.6 Å². The van der Waals surface area contributed by atoms with Gasteiger partial charge in [-0.25, -0.2) is 0 Å². The van der Waals surface area contributed by atoms with Crippen molar-refractivity contribution in [2.24, 2.45) is 5.41 Å². The number of carbonyl (C=O) groups is 1. The summed E-state index contributed by atoms with van der Waals surface area (Å²) in [5.74, 6) is -0.405. The third kappa shape index (κ3) is 3.02. The molecule has 0 N–H and O–H groups in total. The van der Waals surface area contributed by atoms with Crippen molar-refractivity contribution in [3.8, 4) is 6.07 Å². The zero-order chi connectivity index (χ0) is 11.4. The van der Waals surface area contributed by atoms with Crippen molar-refractivity contribution in [2.45, 2.75) is 53.1 Å². The van der Waals surface area contributed by atoms with Crippen molar-refractivity contribution < 1.29 is 9.53 Å². The minimum Gasteiger partial charge on any atom is -0.459 e. The van der Waals surface area contributed by atoms with Gasteiger partial charge in [-0.1, -0.05) is 13.8 Å². The molecule has 14 heavy (non-hydrogen) atoms. The first-order valence-electron chi connectivity index (χ1n) is 4.96. The first kappa shape index (κ1) is 13.0. The van der Waals surface area contributed by atoms with E-state index in [1.165, 1.54) is 0 Å². The van der Waals surface area contributed by atoms with Crippen LogP contribution in [-0.2, 0) is 9.53 Å². The summed E-state index contributed by atoms with van der Waals surface area (Å²) in [5.41, 5.74) is -1.49. The normalized spacial score (nSPS) is 12.0. The Labute approximate surface area is 86.1 Å². The van der Waals surface area contributed by atoms with Crippen LogP contribution in [0, 0.1) is 16.7 Å². The van der Waals surface area contributed by atoms with Gasteiger partial charge in [0.15, 0.2) is 5.41 Å². The quantitative estimate of drug-likeness (QED) is 0.653. The Kier molecular flexibility index (Phi) is 4.12. The van der Waals surface area contributed by atoms with Gasteiger partial charge >= 0.3 is 5.97 Å². The van der Waals surface area contributed by atoms with Crippen molar-refractivity contribution in [1.82, 2.24) is 0 Å². The molecule has 0 bridgehead atoms. The molecule has 0 saturated heterocycles. The molecule has 0 rings (SSSR count). The second kappa shape index (κ2) is 4.45. The molecule has 0 radical (unpaired) electrons. The molecule has 0 unspecified atom stereocenters. The van der Waals surface area contributed by atoms with Crippen LogP contribution in [0.4, 0.5) is 0 Å². The smallest absolute Gasteiger partial charge is 0.326 e. The molecular formula is C11H19NO2. The van der Waals surface area contributed by atoms with E-state index in [1.54, 1.807) is 20.8 Å². The van der Waals surface area contributed by atoms with Crippen molar-refractivity contribution in [3.05, 3.63) is 0 Å². The fourth-order valence-corrected chi connectivity index (χ4v) is 1.12. The van der Waals surface area contributed by atoms with Crippen molar-refractivity contribution in [1.29, 1.82) is 5.26 Å². The van der Waals surface area contributed by atoms with Crippen LogP contribution in [0.25, 0.3) is 0 Å². The lowest BCUT2D eigenvalue weighted by molar-refractivity contribution is -0.164. The maximum atomic E-state index is 11.7. The van der Waals surface area contributed by atoms with E-state index in [9.17, 15) is 4.79 Å². The van der Waals surface area contributed by atoms with Crippen LogP contribution in [0.5, 0.6) is 0 Å². The van der Waals surface area contributed by atoms with E-state index in [-0.39, 0.29) is 0 Å². The Hall–Kier alpha value is -1.04. The summed E-state index contributed by atoms with van der Waals surface area (Å²) in [6, 6.07) is 2.06. The maximum absolute atomic E-state index is 11.7. The molecule has 0 aliphatic rings. The third-order valence-electron chi connectivity index (χ3n) is 2.21. The molecule has 80 valence electrons. The molecule has 0 amide bonds. The van der Waals surface area contributed by atoms with Gasteiger partial charge in [-0.15, -0.1) is 0 Å². The van der Waals surface area contributed by atoms with E-state index >= 15 is 0 Å². The molecule has 0 atom stereocenters. The Morgan fingerprint density at radius 2 is 1.71 bits per heavy atom. The predicted molar refractivity (Wildman–Crippen MR) is 54.5 cm³/mol. The highest BCUT2D eigenvalue weighted by Gasteiger charge is 2.38. The standard InChI is InChI=1S/C11H19NO2/c1-6-11(7-2,8-12)9(13)14-10(3,4)5/h6-7H2,1-5H3. The molecular weight excluding hydrogens is 178 g/mol. The van der Waals surface area contributed by atoms with E-state index < -0.39 is 17.0 Å². The SMILES string of the molecule is CCC(C#N)(CC)C(=O)OC(C)(C)C. The highest BCUT2D eigenvalue weighted by molar-refractivity contribution is 5.80. The fourth-order valence-electron chi connectivity index (χ4n) is 1.12. The summed E-state index contributed by atoms with van der Waals surface area (Å²) in [5, 5.41) is 8.99. The van der Waals surface area contributed by atoms with Gasteiger partial charge in [0.1, 0.15) is 5.60 Å². The summed E-state index contributed by atoms with van der Waals surface area (Å²) >= 11 is 0. The van der Waals surface area contributed by atoms with E-state index in [2.05, 4.69) is 6.07 Å². The van der Waals surface area contributed by atoms with E-state index in [0.717, 1.165) is 0 Å². The van der Waals surface area contributed by atoms with Crippen LogP contribution < -0.4 is 0 Å². The highest BCUT2D eigenvalue weighted by Crippen LogP contribution is 2.29. The van der Waals surface area contributed by atoms with Crippen LogP contribution >= 0.6 is 0 Å². The first-order valence-corrected chi connectivity index (χ1v) is 4.96. The maximum Gasteiger partial charge on any atom is 0.326 e. The molecule has 0 fully saturated rings. The Morgan fingerprint density at radius 1 is 1.29 bits per heavy atom. The van der Waals surface area contributed by atoms with Gasteiger partial charge < -0.3 is 4.74 Å². The number of rotatable bonds is 3. The van der Waals surface area contributed by atoms with Crippen molar-refractivity contribution in [3.63, 3.8) is 0 Å². The minimum absolute atomic E-state index is 0.405. The number of carbonyl (C=O) groups excluding carboxylic acids is 1. The molecule has 0 aliphatic heterocycles. The zero-order valence-corrected chi connectivity index (χ0v) is 9.68. The molecule has 0 aromatic heterocycles. The molecule has 0 aromatic rings. The molecule has 3 nitrogen and oxygen atoms in total. The number of hydrogen-bond donors (Lipinski definition) is 0.